The van der Waals surface area contributed by atoms with E-state index in [2.05, 4.69) is 21.5 Å². The third kappa shape index (κ3) is 4.15. The van der Waals surface area contributed by atoms with Gasteiger partial charge in [-0.25, -0.2) is 14.1 Å². The molecule has 29 heavy (non-hydrogen) atoms. The lowest BCUT2D eigenvalue weighted by molar-refractivity contribution is 0.109. The molecule has 0 saturated heterocycles. The highest BCUT2D eigenvalue weighted by Gasteiger charge is 2.15. The van der Waals surface area contributed by atoms with Crippen molar-refractivity contribution in [3.8, 4) is 17.3 Å². The fourth-order valence-electron chi connectivity index (χ4n) is 3.17. The molecule has 0 atom stereocenters. The number of halogens is 1. The van der Waals surface area contributed by atoms with Gasteiger partial charge in [-0.1, -0.05) is 0 Å². The molecular weight excluding hydrogens is 373 g/mol. The van der Waals surface area contributed by atoms with Crippen molar-refractivity contribution < 1.29 is 9.13 Å². The van der Waals surface area contributed by atoms with Crippen LogP contribution in [0, 0.1) is 17.1 Å². The fourth-order valence-corrected chi connectivity index (χ4v) is 3.17. The maximum absolute atomic E-state index is 13.1. The van der Waals surface area contributed by atoms with Crippen LogP contribution in [0.2, 0.25) is 0 Å². The quantitative estimate of drug-likeness (QED) is 0.718. The van der Waals surface area contributed by atoms with Crippen LogP contribution in [0.5, 0.6) is 0 Å². The molecule has 1 aliphatic rings. The SMILES string of the molecule is N#Cc1cc2c(nc1NCCn1nc(-c3ccc(F)cc3)ccc1=O)CCOC2. The summed E-state index contributed by atoms with van der Waals surface area (Å²) < 4.78 is 19.9. The molecule has 0 radical (unpaired) electrons. The summed E-state index contributed by atoms with van der Waals surface area (Å²) in [5.74, 6) is 0.166. The Labute approximate surface area is 166 Å². The summed E-state index contributed by atoms with van der Waals surface area (Å²) in [4.78, 5) is 16.7. The van der Waals surface area contributed by atoms with Crippen molar-refractivity contribution in [2.75, 3.05) is 18.5 Å². The highest BCUT2D eigenvalue weighted by Crippen LogP contribution is 2.21. The molecule has 0 spiro atoms. The molecule has 1 aliphatic heterocycles. The fraction of sp³-hybridized carbons (Fsp3) is 0.238. The van der Waals surface area contributed by atoms with Gasteiger partial charge >= 0.3 is 0 Å². The average molecular weight is 391 g/mol. The van der Waals surface area contributed by atoms with E-state index in [1.807, 2.05) is 0 Å². The average Bonchev–Trinajstić information content (AvgIpc) is 2.75. The Bertz CT molecular complexity index is 1140. The first-order chi connectivity index (χ1) is 14.1. The van der Waals surface area contributed by atoms with Crippen molar-refractivity contribution in [1.82, 2.24) is 14.8 Å². The zero-order valence-electron chi connectivity index (χ0n) is 15.6. The van der Waals surface area contributed by atoms with Crippen LogP contribution in [0.25, 0.3) is 11.3 Å². The Morgan fingerprint density at radius 2 is 2.07 bits per heavy atom. The molecule has 1 aromatic carbocycles. The first kappa shape index (κ1) is 18.8. The molecule has 0 fully saturated rings. The van der Waals surface area contributed by atoms with Gasteiger partial charge in [0.25, 0.3) is 5.56 Å². The third-order valence-electron chi connectivity index (χ3n) is 4.67. The van der Waals surface area contributed by atoms with Gasteiger partial charge in [-0.15, -0.1) is 0 Å². The minimum absolute atomic E-state index is 0.242. The van der Waals surface area contributed by atoms with E-state index in [9.17, 15) is 14.4 Å². The number of benzene rings is 1. The van der Waals surface area contributed by atoms with E-state index < -0.39 is 0 Å². The molecule has 4 rings (SSSR count). The van der Waals surface area contributed by atoms with Crippen LogP contribution in [0.15, 0.2) is 47.3 Å². The van der Waals surface area contributed by atoms with E-state index in [0.717, 1.165) is 16.8 Å². The standard InChI is InChI=1S/C21H18FN5O2/c22-17-3-1-14(2-4-17)19-5-6-20(28)27(26-19)9-8-24-21-15(12-23)11-16-13-29-10-7-18(16)25-21/h1-6,11H,7-10,13H2,(H,24,25). The summed E-state index contributed by atoms with van der Waals surface area (Å²) in [7, 11) is 0. The van der Waals surface area contributed by atoms with Crippen LogP contribution in [0.4, 0.5) is 10.2 Å². The third-order valence-corrected chi connectivity index (χ3v) is 4.67. The maximum Gasteiger partial charge on any atom is 0.266 e. The normalized spacial score (nSPS) is 12.8. The van der Waals surface area contributed by atoms with Crippen molar-refractivity contribution in [1.29, 1.82) is 5.26 Å². The van der Waals surface area contributed by atoms with Gasteiger partial charge in [0, 0.05) is 30.2 Å². The van der Waals surface area contributed by atoms with Gasteiger partial charge in [0.15, 0.2) is 0 Å². The van der Waals surface area contributed by atoms with Crippen molar-refractivity contribution in [2.24, 2.45) is 0 Å². The van der Waals surface area contributed by atoms with Crippen LogP contribution in [0.3, 0.4) is 0 Å². The molecule has 3 aromatic rings. The van der Waals surface area contributed by atoms with E-state index in [-0.39, 0.29) is 11.4 Å². The minimum Gasteiger partial charge on any atom is -0.376 e. The number of hydrogen-bond donors (Lipinski definition) is 1. The molecule has 0 bridgehead atoms. The maximum atomic E-state index is 13.1. The van der Waals surface area contributed by atoms with Gasteiger partial charge in [-0.05, 0) is 36.4 Å². The number of nitrogens with one attached hydrogen (secondary N) is 1. The smallest absolute Gasteiger partial charge is 0.266 e. The molecule has 0 unspecified atom stereocenters. The number of aromatic nitrogens is 3. The zero-order chi connectivity index (χ0) is 20.2. The van der Waals surface area contributed by atoms with Crippen molar-refractivity contribution in [3.63, 3.8) is 0 Å². The van der Waals surface area contributed by atoms with Crippen LogP contribution in [0.1, 0.15) is 16.8 Å². The molecule has 0 aliphatic carbocycles. The molecule has 3 heterocycles. The minimum atomic E-state index is -0.330. The molecule has 8 heteroatoms. The summed E-state index contributed by atoms with van der Waals surface area (Å²) in [5, 5.41) is 16.9. The summed E-state index contributed by atoms with van der Waals surface area (Å²) in [6, 6.07) is 12.9. The molecule has 2 aromatic heterocycles. The van der Waals surface area contributed by atoms with Gasteiger partial charge in [0.05, 0.1) is 36.7 Å². The van der Waals surface area contributed by atoms with Crippen molar-refractivity contribution in [3.05, 3.63) is 75.5 Å². The zero-order valence-corrected chi connectivity index (χ0v) is 15.6. The Hall–Kier alpha value is -3.57. The van der Waals surface area contributed by atoms with E-state index in [0.29, 0.717) is 49.8 Å². The first-order valence-electron chi connectivity index (χ1n) is 9.22. The Balaban J connectivity index is 1.50. The largest absolute Gasteiger partial charge is 0.376 e. The van der Waals surface area contributed by atoms with Crippen LogP contribution < -0.4 is 10.9 Å². The molecule has 146 valence electrons. The lowest BCUT2D eigenvalue weighted by Gasteiger charge is -2.18. The number of hydrogen-bond acceptors (Lipinski definition) is 6. The second-order valence-corrected chi connectivity index (χ2v) is 6.62. The molecule has 0 saturated carbocycles. The second-order valence-electron chi connectivity index (χ2n) is 6.62. The monoisotopic (exact) mass is 391 g/mol. The Morgan fingerprint density at radius 1 is 1.24 bits per heavy atom. The summed E-state index contributed by atoms with van der Waals surface area (Å²) in [6.45, 7) is 1.74. The number of rotatable bonds is 5. The summed E-state index contributed by atoms with van der Waals surface area (Å²) in [5.41, 5.74) is 3.35. The van der Waals surface area contributed by atoms with Crippen LogP contribution in [-0.4, -0.2) is 27.9 Å². The lowest BCUT2D eigenvalue weighted by Crippen LogP contribution is -2.26. The second kappa shape index (κ2) is 8.20. The molecule has 1 N–H and O–H groups in total. The lowest BCUT2D eigenvalue weighted by atomic mass is 10.1. The predicted molar refractivity (Wildman–Crippen MR) is 105 cm³/mol. The van der Waals surface area contributed by atoms with Gasteiger partial charge < -0.3 is 10.1 Å². The number of anilines is 1. The number of ether oxygens (including phenoxy) is 1. The molecular formula is C21H18FN5O2. The Kier molecular flexibility index (Phi) is 5.31. The van der Waals surface area contributed by atoms with E-state index >= 15 is 0 Å². The van der Waals surface area contributed by atoms with Gasteiger partial charge in [0.2, 0.25) is 0 Å². The van der Waals surface area contributed by atoms with Crippen LogP contribution >= 0.6 is 0 Å². The summed E-state index contributed by atoms with van der Waals surface area (Å²) >= 11 is 0. The number of nitriles is 1. The van der Waals surface area contributed by atoms with Gasteiger partial charge in [-0.2, -0.15) is 10.4 Å². The molecule has 7 nitrogen and oxygen atoms in total. The van der Waals surface area contributed by atoms with E-state index in [1.165, 1.54) is 22.9 Å². The first-order valence-corrected chi connectivity index (χ1v) is 9.22. The van der Waals surface area contributed by atoms with Crippen LogP contribution in [-0.2, 0) is 24.3 Å². The highest BCUT2D eigenvalue weighted by molar-refractivity contribution is 5.58. The van der Waals surface area contributed by atoms with Crippen molar-refractivity contribution >= 4 is 5.82 Å². The van der Waals surface area contributed by atoms with E-state index in [4.69, 9.17) is 4.74 Å². The number of fused-ring (bicyclic) bond motifs is 1. The number of pyridine rings is 1. The topological polar surface area (TPSA) is 92.8 Å². The summed E-state index contributed by atoms with van der Waals surface area (Å²) in [6.07, 6.45) is 0.705. The van der Waals surface area contributed by atoms with Gasteiger partial charge in [0.1, 0.15) is 17.7 Å². The molecule has 0 amide bonds. The van der Waals surface area contributed by atoms with E-state index in [1.54, 1.807) is 24.3 Å². The van der Waals surface area contributed by atoms with Crippen molar-refractivity contribution in [2.45, 2.75) is 19.6 Å². The van der Waals surface area contributed by atoms with Gasteiger partial charge in [-0.3, -0.25) is 4.79 Å². The predicted octanol–water partition coefficient (Wildman–Crippen LogP) is 2.50. The Morgan fingerprint density at radius 3 is 2.86 bits per heavy atom. The highest BCUT2D eigenvalue weighted by atomic mass is 19.1. The number of nitrogens with zero attached hydrogens (tertiary/aromatic N) is 4.